The number of amides is 1. The fraction of sp³-hybridized carbons (Fsp3) is 0.208. The fourth-order valence-electron chi connectivity index (χ4n) is 3.73. The molecule has 0 unspecified atom stereocenters. The van der Waals surface area contributed by atoms with Gasteiger partial charge >= 0.3 is 0 Å². The summed E-state index contributed by atoms with van der Waals surface area (Å²) < 4.78 is 5.53. The lowest BCUT2D eigenvalue weighted by atomic mass is 9.73. The maximum absolute atomic E-state index is 13.4. The van der Waals surface area contributed by atoms with Gasteiger partial charge in [-0.1, -0.05) is 41.9 Å². The van der Waals surface area contributed by atoms with Crippen LogP contribution in [0.2, 0.25) is 5.02 Å². The van der Waals surface area contributed by atoms with Crippen LogP contribution in [0.5, 0.6) is 0 Å². The molecule has 148 valence electrons. The molecule has 4 rings (SSSR count). The Bertz CT molecular complexity index is 968. The quantitative estimate of drug-likeness (QED) is 0.565. The zero-order valence-electron chi connectivity index (χ0n) is 16.0. The number of anilines is 3. The van der Waals surface area contributed by atoms with Gasteiger partial charge in [-0.15, -0.1) is 0 Å². The van der Waals surface area contributed by atoms with Crippen LogP contribution >= 0.6 is 11.6 Å². The minimum Gasteiger partial charge on any atom is -0.381 e. The van der Waals surface area contributed by atoms with E-state index in [0.717, 1.165) is 22.6 Å². The number of hydrogen-bond acceptors (Lipinski definition) is 3. The zero-order valence-corrected chi connectivity index (χ0v) is 16.8. The van der Waals surface area contributed by atoms with Crippen LogP contribution in [0.3, 0.4) is 0 Å². The van der Waals surface area contributed by atoms with Crippen LogP contribution in [-0.4, -0.2) is 19.1 Å². The number of para-hydroxylation sites is 1. The van der Waals surface area contributed by atoms with Gasteiger partial charge in [0.05, 0.1) is 5.41 Å². The lowest BCUT2D eigenvalue weighted by Gasteiger charge is -2.36. The van der Waals surface area contributed by atoms with Gasteiger partial charge in [-0.25, -0.2) is 0 Å². The second kappa shape index (κ2) is 8.68. The van der Waals surface area contributed by atoms with Crippen molar-refractivity contribution < 1.29 is 9.53 Å². The van der Waals surface area contributed by atoms with Gasteiger partial charge in [0.15, 0.2) is 0 Å². The minimum absolute atomic E-state index is 0.0214. The van der Waals surface area contributed by atoms with E-state index in [4.69, 9.17) is 16.3 Å². The number of benzene rings is 3. The molecule has 1 aliphatic heterocycles. The summed E-state index contributed by atoms with van der Waals surface area (Å²) >= 11 is 6.20. The number of ether oxygens (including phenoxy) is 1. The average Bonchev–Trinajstić information content (AvgIpc) is 2.76. The molecule has 3 aromatic rings. The molecule has 2 N–H and O–H groups in total. The normalized spacial score (nSPS) is 15.5. The highest BCUT2D eigenvalue weighted by Crippen LogP contribution is 2.37. The summed E-state index contributed by atoms with van der Waals surface area (Å²) in [6, 6.07) is 25.3. The second-order valence-corrected chi connectivity index (χ2v) is 7.66. The van der Waals surface area contributed by atoms with E-state index >= 15 is 0 Å². The van der Waals surface area contributed by atoms with Crippen LogP contribution in [0.25, 0.3) is 0 Å². The van der Waals surface area contributed by atoms with E-state index in [0.29, 0.717) is 31.1 Å². The molecule has 0 radical (unpaired) electrons. The molecule has 1 heterocycles. The monoisotopic (exact) mass is 406 g/mol. The first-order valence-electron chi connectivity index (χ1n) is 9.73. The maximum atomic E-state index is 13.4. The zero-order chi connectivity index (χ0) is 20.1. The molecule has 0 atom stereocenters. The van der Waals surface area contributed by atoms with E-state index in [9.17, 15) is 4.79 Å². The van der Waals surface area contributed by atoms with Gasteiger partial charge in [-0.2, -0.15) is 0 Å². The molecule has 1 aliphatic rings. The Morgan fingerprint density at radius 1 is 0.828 bits per heavy atom. The van der Waals surface area contributed by atoms with E-state index in [2.05, 4.69) is 10.6 Å². The van der Waals surface area contributed by atoms with Crippen LogP contribution in [0, 0.1) is 0 Å². The van der Waals surface area contributed by atoms with Crippen molar-refractivity contribution in [3.8, 4) is 0 Å². The van der Waals surface area contributed by atoms with Crippen LogP contribution in [0.4, 0.5) is 17.1 Å². The number of halogens is 1. The molecule has 0 aliphatic carbocycles. The molecule has 1 amide bonds. The Morgan fingerprint density at radius 3 is 2.17 bits per heavy atom. The Kier molecular flexibility index (Phi) is 5.84. The summed E-state index contributed by atoms with van der Waals surface area (Å²) in [5, 5.41) is 7.08. The van der Waals surface area contributed by atoms with Gasteiger partial charge in [0.2, 0.25) is 5.91 Å². The summed E-state index contributed by atoms with van der Waals surface area (Å²) in [6.07, 6.45) is 1.26. The molecular formula is C24H23ClN2O2. The highest BCUT2D eigenvalue weighted by molar-refractivity contribution is 6.30. The molecule has 0 aromatic heterocycles. The van der Waals surface area contributed by atoms with Crippen LogP contribution in [-0.2, 0) is 14.9 Å². The van der Waals surface area contributed by atoms with E-state index in [1.54, 1.807) is 0 Å². The lowest BCUT2D eigenvalue weighted by molar-refractivity contribution is -0.125. The molecule has 3 aromatic carbocycles. The van der Waals surface area contributed by atoms with Crippen molar-refractivity contribution in [1.82, 2.24) is 0 Å². The molecule has 0 bridgehead atoms. The van der Waals surface area contributed by atoms with Gasteiger partial charge in [0.25, 0.3) is 0 Å². The minimum atomic E-state index is -0.635. The molecule has 0 spiro atoms. The Hall–Kier alpha value is -2.82. The maximum Gasteiger partial charge on any atom is 0.235 e. The van der Waals surface area contributed by atoms with E-state index < -0.39 is 5.41 Å². The molecule has 4 nitrogen and oxygen atoms in total. The standard InChI is InChI=1S/C24H23ClN2O2/c25-19-6-4-5-18(17-19)24(13-15-29-16-14-24)23(28)27-22-11-9-21(10-12-22)26-20-7-2-1-3-8-20/h1-12,17,26H,13-16H2,(H,27,28). The van der Waals surface area contributed by atoms with Crippen molar-refractivity contribution in [1.29, 1.82) is 0 Å². The third-order valence-corrected chi connectivity index (χ3v) is 5.60. The molecule has 1 fully saturated rings. The first-order chi connectivity index (χ1) is 14.2. The summed E-state index contributed by atoms with van der Waals surface area (Å²) in [4.78, 5) is 13.4. The van der Waals surface area contributed by atoms with Crippen LogP contribution in [0.1, 0.15) is 18.4 Å². The van der Waals surface area contributed by atoms with Crippen molar-refractivity contribution in [2.24, 2.45) is 0 Å². The summed E-state index contributed by atoms with van der Waals surface area (Å²) in [6.45, 7) is 1.11. The molecular weight excluding hydrogens is 384 g/mol. The Morgan fingerprint density at radius 2 is 1.48 bits per heavy atom. The van der Waals surface area contributed by atoms with Crippen molar-refractivity contribution in [2.75, 3.05) is 23.8 Å². The van der Waals surface area contributed by atoms with Gasteiger partial charge < -0.3 is 15.4 Å². The predicted molar refractivity (Wildman–Crippen MR) is 118 cm³/mol. The van der Waals surface area contributed by atoms with Gasteiger partial charge in [0, 0.05) is 35.3 Å². The SMILES string of the molecule is O=C(Nc1ccc(Nc2ccccc2)cc1)C1(c2cccc(Cl)c2)CCOCC1. The molecule has 29 heavy (non-hydrogen) atoms. The molecule has 5 heteroatoms. The number of carbonyl (C=O) groups excluding carboxylic acids is 1. The fourth-order valence-corrected chi connectivity index (χ4v) is 3.92. The number of carbonyl (C=O) groups is 1. The molecule has 1 saturated heterocycles. The Balaban J connectivity index is 1.52. The van der Waals surface area contributed by atoms with E-state index in [1.807, 2.05) is 78.9 Å². The lowest BCUT2D eigenvalue weighted by Crippen LogP contribution is -2.44. The number of nitrogens with one attached hydrogen (secondary N) is 2. The number of hydrogen-bond donors (Lipinski definition) is 2. The third-order valence-electron chi connectivity index (χ3n) is 5.36. The summed E-state index contributed by atoms with van der Waals surface area (Å²) in [5.41, 5.74) is 3.05. The topological polar surface area (TPSA) is 50.4 Å². The first kappa shape index (κ1) is 19.5. The van der Waals surface area contributed by atoms with E-state index in [1.165, 1.54) is 0 Å². The Labute approximate surface area is 175 Å². The summed E-state index contributed by atoms with van der Waals surface area (Å²) in [7, 11) is 0. The predicted octanol–water partition coefficient (Wildman–Crippen LogP) is 5.77. The van der Waals surface area contributed by atoms with E-state index in [-0.39, 0.29) is 5.91 Å². The van der Waals surface area contributed by atoms with Crippen LogP contribution < -0.4 is 10.6 Å². The van der Waals surface area contributed by atoms with Gasteiger partial charge in [0.1, 0.15) is 0 Å². The number of rotatable bonds is 5. The van der Waals surface area contributed by atoms with Crippen molar-refractivity contribution in [3.63, 3.8) is 0 Å². The second-order valence-electron chi connectivity index (χ2n) is 7.23. The van der Waals surface area contributed by atoms with Gasteiger partial charge in [-0.05, 0) is 66.9 Å². The van der Waals surface area contributed by atoms with Crippen molar-refractivity contribution >= 4 is 34.6 Å². The smallest absolute Gasteiger partial charge is 0.235 e. The van der Waals surface area contributed by atoms with Crippen molar-refractivity contribution in [3.05, 3.63) is 89.4 Å². The first-order valence-corrected chi connectivity index (χ1v) is 10.1. The van der Waals surface area contributed by atoms with Gasteiger partial charge in [-0.3, -0.25) is 4.79 Å². The highest BCUT2D eigenvalue weighted by atomic mass is 35.5. The van der Waals surface area contributed by atoms with Crippen molar-refractivity contribution in [2.45, 2.75) is 18.3 Å². The van der Waals surface area contributed by atoms with Crippen LogP contribution in [0.15, 0.2) is 78.9 Å². The molecule has 0 saturated carbocycles. The highest BCUT2D eigenvalue weighted by Gasteiger charge is 2.41. The summed E-state index contributed by atoms with van der Waals surface area (Å²) in [5.74, 6) is -0.0214. The largest absolute Gasteiger partial charge is 0.381 e. The average molecular weight is 407 g/mol. The third kappa shape index (κ3) is 4.44.